The Bertz CT molecular complexity index is 673. The maximum Gasteiger partial charge on any atom is 0.416 e. The second kappa shape index (κ2) is 10.5. The molecule has 0 fully saturated rings. The Balaban J connectivity index is 1.90. The van der Waals surface area contributed by atoms with Crippen LogP contribution in [0.25, 0.3) is 0 Å². The lowest BCUT2D eigenvalue weighted by atomic mass is 9.79. The summed E-state index contributed by atoms with van der Waals surface area (Å²) in [6, 6.07) is 4.08. The Kier molecular flexibility index (Phi) is 8.33. The summed E-state index contributed by atoms with van der Waals surface area (Å²) >= 11 is 0. The number of fused-ring (bicyclic) bond motifs is 1. The van der Waals surface area contributed by atoms with Gasteiger partial charge in [-0.15, -0.1) is 0 Å². The third-order valence-electron chi connectivity index (χ3n) is 4.44. The molecule has 0 aromatic carbocycles. The normalized spacial score (nSPS) is 13.6. The van der Waals surface area contributed by atoms with Crippen LogP contribution < -0.4 is 4.90 Å². The summed E-state index contributed by atoms with van der Waals surface area (Å²) in [4.78, 5) is 30.6. The number of nitrogens with zero attached hydrogens (tertiary/aromatic N) is 2. The highest BCUT2D eigenvalue weighted by molar-refractivity contribution is 6.33. The van der Waals surface area contributed by atoms with Crippen LogP contribution in [-0.4, -0.2) is 43.1 Å². The predicted octanol–water partition coefficient (Wildman–Crippen LogP) is 4.20. The molecule has 0 unspecified atom stereocenters. The van der Waals surface area contributed by atoms with Gasteiger partial charge < -0.3 is 9.47 Å². The zero-order valence-electron chi connectivity index (χ0n) is 17.6. The zero-order chi connectivity index (χ0) is 20.6. The molecule has 0 saturated heterocycles. The van der Waals surface area contributed by atoms with Crippen LogP contribution >= 0.6 is 0 Å². The van der Waals surface area contributed by atoms with Crippen LogP contribution in [-0.2, 0) is 27.1 Å². The van der Waals surface area contributed by atoms with Crippen LogP contribution in [0.15, 0.2) is 12.1 Å². The fourth-order valence-electron chi connectivity index (χ4n) is 3.05. The van der Waals surface area contributed by atoms with E-state index in [1.807, 2.05) is 40.9 Å². The van der Waals surface area contributed by atoms with Crippen molar-refractivity contribution in [2.75, 3.05) is 18.1 Å². The van der Waals surface area contributed by atoms with Crippen molar-refractivity contribution >= 4 is 25.2 Å². The fraction of sp³-hybridized carbons (Fsp3) is 0.667. The predicted molar refractivity (Wildman–Crippen MR) is 111 cm³/mol. The van der Waals surface area contributed by atoms with E-state index in [0.29, 0.717) is 25.4 Å². The van der Waals surface area contributed by atoms with Gasteiger partial charge in [0, 0.05) is 18.7 Å². The maximum absolute atomic E-state index is 12.5. The number of carbonyl (C=O) groups excluding carboxylic acids is 2. The van der Waals surface area contributed by atoms with E-state index in [-0.39, 0.29) is 12.1 Å². The molecular formula is C21H32BN2O4. The molecule has 0 atom stereocenters. The van der Waals surface area contributed by atoms with Gasteiger partial charge in [0.05, 0.1) is 6.61 Å². The van der Waals surface area contributed by atoms with Gasteiger partial charge in [-0.05, 0) is 70.8 Å². The number of pyridine rings is 1. The molecule has 1 aliphatic rings. The largest absolute Gasteiger partial charge is 0.466 e. The van der Waals surface area contributed by atoms with Crippen molar-refractivity contribution in [2.24, 2.45) is 0 Å². The highest BCUT2D eigenvalue weighted by atomic mass is 16.6. The molecule has 0 aliphatic carbocycles. The molecule has 0 spiro atoms. The molecule has 0 N–H and O–H groups in total. The van der Waals surface area contributed by atoms with Gasteiger partial charge in [-0.2, -0.15) is 0 Å². The molecule has 1 aromatic rings. The molecule has 1 aliphatic heterocycles. The van der Waals surface area contributed by atoms with Crippen molar-refractivity contribution in [3.05, 3.63) is 23.4 Å². The first-order valence-electron chi connectivity index (χ1n) is 10.2. The summed E-state index contributed by atoms with van der Waals surface area (Å²) < 4.78 is 10.7. The van der Waals surface area contributed by atoms with E-state index in [1.165, 1.54) is 0 Å². The maximum atomic E-state index is 12.5. The Hall–Kier alpha value is -2.05. The average Bonchev–Trinajstić information content (AvgIpc) is 2.63. The molecule has 1 amide bonds. The average molecular weight is 387 g/mol. The number of ether oxygens (including phenoxy) is 2. The van der Waals surface area contributed by atoms with E-state index < -0.39 is 5.60 Å². The lowest BCUT2D eigenvalue weighted by Gasteiger charge is -2.31. The first-order chi connectivity index (χ1) is 13.3. The van der Waals surface area contributed by atoms with Crippen LogP contribution in [0.1, 0.15) is 57.7 Å². The molecule has 0 bridgehead atoms. The van der Waals surface area contributed by atoms with Gasteiger partial charge in [0.25, 0.3) is 0 Å². The van der Waals surface area contributed by atoms with Gasteiger partial charge in [0.2, 0.25) is 0 Å². The van der Waals surface area contributed by atoms with Crippen molar-refractivity contribution in [1.29, 1.82) is 0 Å². The monoisotopic (exact) mass is 387 g/mol. The fourth-order valence-corrected chi connectivity index (χ4v) is 3.05. The van der Waals surface area contributed by atoms with Gasteiger partial charge in [-0.1, -0.05) is 12.9 Å². The standard InChI is InChI=1S/C21H32BN2O4/c1-21(2,3)28-20(26)24-14-7-8-16-11-12-17(23-19(16)24)9-5-6-10-18(25)27-15-13-22-4/h11-12H,5-10,13-15H2,1-4H3. The molecule has 1 aromatic heterocycles. The molecule has 2 rings (SSSR count). The van der Waals surface area contributed by atoms with Gasteiger partial charge in [0.1, 0.15) is 18.7 Å². The van der Waals surface area contributed by atoms with Crippen LogP contribution in [0.4, 0.5) is 10.6 Å². The minimum atomic E-state index is -0.532. The third kappa shape index (κ3) is 7.17. The molecule has 1 radical (unpaired) electrons. The molecule has 153 valence electrons. The van der Waals surface area contributed by atoms with Gasteiger partial charge in [-0.25, -0.2) is 9.78 Å². The number of carbonyl (C=O) groups is 2. The Labute approximate surface area is 169 Å². The molecule has 6 nitrogen and oxygen atoms in total. The summed E-state index contributed by atoms with van der Waals surface area (Å²) in [5.74, 6) is 0.574. The molecule has 28 heavy (non-hydrogen) atoms. The number of rotatable bonds is 8. The second-order valence-electron chi connectivity index (χ2n) is 8.15. The third-order valence-corrected chi connectivity index (χ3v) is 4.44. The molecular weight excluding hydrogens is 355 g/mol. The van der Waals surface area contributed by atoms with Crippen LogP contribution in [0.5, 0.6) is 0 Å². The van der Waals surface area contributed by atoms with Crippen molar-refractivity contribution in [2.45, 2.75) is 78.0 Å². The van der Waals surface area contributed by atoms with Crippen LogP contribution in [0, 0.1) is 0 Å². The summed E-state index contributed by atoms with van der Waals surface area (Å²) in [7, 11) is 1.98. The molecule has 2 heterocycles. The zero-order valence-corrected chi connectivity index (χ0v) is 17.6. The van der Waals surface area contributed by atoms with Gasteiger partial charge in [0.15, 0.2) is 0 Å². The summed E-state index contributed by atoms with van der Waals surface area (Å²) in [6.07, 6.45) is 5.10. The Morgan fingerprint density at radius 2 is 2.04 bits per heavy atom. The smallest absolute Gasteiger partial charge is 0.416 e. The van der Waals surface area contributed by atoms with E-state index in [1.54, 1.807) is 4.90 Å². The number of aryl methyl sites for hydroxylation is 2. The van der Waals surface area contributed by atoms with E-state index in [2.05, 4.69) is 6.07 Å². The van der Waals surface area contributed by atoms with Crippen LogP contribution in [0.2, 0.25) is 13.1 Å². The van der Waals surface area contributed by atoms with E-state index in [9.17, 15) is 9.59 Å². The summed E-state index contributed by atoms with van der Waals surface area (Å²) in [6.45, 7) is 8.63. The first kappa shape index (κ1) is 22.2. The van der Waals surface area contributed by atoms with Crippen molar-refractivity contribution in [3.8, 4) is 0 Å². The first-order valence-corrected chi connectivity index (χ1v) is 10.2. The quantitative estimate of drug-likeness (QED) is 0.380. The van der Waals surface area contributed by atoms with E-state index >= 15 is 0 Å². The summed E-state index contributed by atoms with van der Waals surface area (Å²) in [5, 5.41) is 0. The Morgan fingerprint density at radius 3 is 2.75 bits per heavy atom. The number of anilines is 1. The number of amides is 1. The van der Waals surface area contributed by atoms with Crippen molar-refractivity contribution in [1.82, 2.24) is 4.98 Å². The topological polar surface area (TPSA) is 68.7 Å². The van der Waals surface area contributed by atoms with Crippen molar-refractivity contribution < 1.29 is 19.1 Å². The van der Waals surface area contributed by atoms with E-state index in [0.717, 1.165) is 49.7 Å². The van der Waals surface area contributed by atoms with Crippen molar-refractivity contribution in [3.63, 3.8) is 0 Å². The highest BCUT2D eigenvalue weighted by Gasteiger charge is 2.28. The number of esters is 1. The second-order valence-corrected chi connectivity index (χ2v) is 8.15. The SMILES string of the molecule is C[B]CCOC(=O)CCCCc1ccc2c(n1)N(C(=O)OC(C)(C)C)CCC2. The van der Waals surface area contributed by atoms with Gasteiger partial charge >= 0.3 is 12.1 Å². The molecule has 7 heteroatoms. The number of hydrogen-bond acceptors (Lipinski definition) is 5. The summed E-state index contributed by atoms with van der Waals surface area (Å²) in [5.41, 5.74) is 1.48. The number of aromatic nitrogens is 1. The minimum Gasteiger partial charge on any atom is -0.466 e. The van der Waals surface area contributed by atoms with Gasteiger partial charge in [-0.3, -0.25) is 9.69 Å². The minimum absolute atomic E-state index is 0.142. The number of hydrogen-bond donors (Lipinski definition) is 0. The molecule has 0 saturated carbocycles. The lowest BCUT2D eigenvalue weighted by Crippen LogP contribution is -2.40. The van der Waals surface area contributed by atoms with Crippen LogP contribution in [0.3, 0.4) is 0 Å². The number of unbranched alkanes of at least 4 members (excludes halogenated alkanes) is 1. The Morgan fingerprint density at radius 1 is 1.25 bits per heavy atom. The lowest BCUT2D eigenvalue weighted by molar-refractivity contribution is -0.143. The van der Waals surface area contributed by atoms with E-state index in [4.69, 9.17) is 14.5 Å². The highest BCUT2D eigenvalue weighted by Crippen LogP contribution is 2.27.